The molecule has 1 aliphatic heterocycles. The van der Waals surface area contributed by atoms with Gasteiger partial charge in [0.2, 0.25) is 5.92 Å². The Morgan fingerprint density at radius 2 is 1.92 bits per heavy atom. The third-order valence-electron chi connectivity index (χ3n) is 3.22. The molecule has 2 fully saturated rings. The summed E-state index contributed by atoms with van der Waals surface area (Å²) in [4.78, 5) is 0. The molecular formula is C9H15F2N. The highest BCUT2D eigenvalue weighted by Crippen LogP contribution is 2.47. The number of alkyl halides is 2. The summed E-state index contributed by atoms with van der Waals surface area (Å²) in [5, 5.41) is 3.19. The van der Waals surface area contributed by atoms with Crippen molar-refractivity contribution in [2.24, 2.45) is 5.41 Å². The smallest absolute Gasteiger partial charge is 0.248 e. The molecule has 70 valence electrons. The van der Waals surface area contributed by atoms with E-state index in [4.69, 9.17) is 0 Å². The fourth-order valence-corrected chi connectivity index (χ4v) is 2.61. The fraction of sp³-hybridized carbons (Fsp3) is 1.00. The van der Waals surface area contributed by atoms with E-state index in [0.717, 1.165) is 25.9 Å². The van der Waals surface area contributed by atoms with E-state index in [9.17, 15) is 8.78 Å². The van der Waals surface area contributed by atoms with Crippen LogP contribution in [-0.2, 0) is 0 Å². The molecule has 2 rings (SSSR count). The quantitative estimate of drug-likeness (QED) is 0.595. The third kappa shape index (κ3) is 1.47. The predicted octanol–water partition coefficient (Wildman–Crippen LogP) is 2.18. The Hall–Kier alpha value is -0.180. The minimum absolute atomic E-state index is 0.0538. The predicted molar refractivity (Wildman–Crippen MR) is 43.3 cm³/mol. The standard InChI is InChI=1S/C9H15F2N/c10-9(11)3-1-2-8(6-9)4-5-12-7-8/h12H,1-7H2. The van der Waals surface area contributed by atoms with Gasteiger partial charge in [-0.15, -0.1) is 0 Å². The highest BCUT2D eigenvalue weighted by atomic mass is 19.3. The second-order valence-corrected chi connectivity index (χ2v) is 4.31. The molecule has 0 aromatic heterocycles. The van der Waals surface area contributed by atoms with Crippen molar-refractivity contribution >= 4 is 0 Å². The molecule has 1 heterocycles. The van der Waals surface area contributed by atoms with E-state index >= 15 is 0 Å². The van der Waals surface area contributed by atoms with Crippen LogP contribution >= 0.6 is 0 Å². The van der Waals surface area contributed by atoms with Crippen LogP contribution in [-0.4, -0.2) is 19.0 Å². The lowest BCUT2D eigenvalue weighted by molar-refractivity contribution is -0.0772. The van der Waals surface area contributed by atoms with E-state index in [1.807, 2.05) is 0 Å². The van der Waals surface area contributed by atoms with Gasteiger partial charge in [-0.2, -0.15) is 0 Å². The van der Waals surface area contributed by atoms with Gasteiger partial charge in [-0.25, -0.2) is 8.78 Å². The van der Waals surface area contributed by atoms with E-state index in [1.165, 1.54) is 0 Å². The third-order valence-corrected chi connectivity index (χ3v) is 3.22. The van der Waals surface area contributed by atoms with Gasteiger partial charge in [0.25, 0.3) is 0 Å². The second-order valence-electron chi connectivity index (χ2n) is 4.31. The van der Waals surface area contributed by atoms with Crippen LogP contribution in [0.1, 0.15) is 32.1 Å². The summed E-state index contributed by atoms with van der Waals surface area (Å²) < 4.78 is 26.1. The summed E-state index contributed by atoms with van der Waals surface area (Å²) in [6.45, 7) is 1.73. The first-order valence-corrected chi connectivity index (χ1v) is 4.71. The molecule has 1 nitrogen and oxygen atoms in total. The molecule has 0 aromatic rings. The number of nitrogens with one attached hydrogen (secondary N) is 1. The van der Waals surface area contributed by atoms with Crippen LogP contribution in [0.3, 0.4) is 0 Å². The second kappa shape index (κ2) is 2.66. The van der Waals surface area contributed by atoms with Crippen LogP contribution in [0.25, 0.3) is 0 Å². The molecule has 12 heavy (non-hydrogen) atoms. The van der Waals surface area contributed by atoms with Gasteiger partial charge in [0.15, 0.2) is 0 Å². The summed E-state index contributed by atoms with van der Waals surface area (Å²) in [5.41, 5.74) is -0.0538. The van der Waals surface area contributed by atoms with E-state index in [0.29, 0.717) is 6.42 Å². The molecule has 0 bridgehead atoms. The average molecular weight is 175 g/mol. The van der Waals surface area contributed by atoms with Crippen LogP contribution < -0.4 is 5.32 Å². The lowest BCUT2D eigenvalue weighted by Crippen LogP contribution is -2.36. The SMILES string of the molecule is FC1(F)CCCC2(CCNC2)C1. The van der Waals surface area contributed by atoms with Gasteiger partial charge in [-0.1, -0.05) is 0 Å². The van der Waals surface area contributed by atoms with Gasteiger partial charge in [0.05, 0.1) is 0 Å². The number of rotatable bonds is 0. The first kappa shape index (κ1) is 8.42. The van der Waals surface area contributed by atoms with Crippen molar-refractivity contribution in [1.82, 2.24) is 5.32 Å². The first-order chi connectivity index (χ1) is 5.62. The molecule has 1 saturated carbocycles. The van der Waals surface area contributed by atoms with Gasteiger partial charge in [-0.3, -0.25) is 0 Å². The molecule has 0 radical (unpaired) electrons. The van der Waals surface area contributed by atoms with Crippen LogP contribution in [0.5, 0.6) is 0 Å². The maximum Gasteiger partial charge on any atom is 0.248 e. The zero-order chi connectivity index (χ0) is 8.66. The number of hydrogen-bond acceptors (Lipinski definition) is 1. The minimum atomic E-state index is -2.38. The number of hydrogen-bond donors (Lipinski definition) is 1. The van der Waals surface area contributed by atoms with Crippen LogP contribution in [0.15, 0.2) is 0 Å². The molecule has 1 atom stereocenters. The van der Waals surface area contributed by atoms with E-state index in [1.54, 1.807) is 0 Å². The Kier molecular flexibility index (Phi) is 1.86. The zero-order valence-electron chi connectivity index (χ0n) is 7.21. The zero-order valence-corrected chi connectivity index (χ0v) is 7.21. The summed E-state index contributed by atoms with van der Waals surface area (Å²) in [6.07, 6.45) is 2.87. The molecule has 3 heteroatoms. The monoisotopic (exact) mass is 175 g/mol. The topological polar surface area (TPSA) is 12.0 Å². The van der Waals surface area contributed by atoms with E-state index in [2.05, 4.69) is 5.32 Å². The number of halogens is 2. The Morgan fingerprint density at radius 1 is 1.08 bits per heavy atom. The maximum absolute atomic E-state index is 13.1. The Morgan fingerprint density at radius 3 is 2.50 bits per heavy atom. The molecule has 1 aliphatic carbocycles. The molecule has 1 N–H and O–H groups in total. The van der Waals surface area contributed by atoms with Crippen molar-refractivity contribution in [3.63, 3.8) is 0 Å². The van der Waals surface area contributed by atoms with Gasteiger partial charge < -0.3 is 5.32 Å². The summed E-state index contributed by atoms with van der Waals surface area (Å²) in [5.74, 6) is -2.38. The van der Waals surface area contributed by atoms with Crippen molar-refractivity contribution in [3.05, 3.63) is 0 Å². The van der Waals surface area contributed by atoms with Crippen LogP contribution in [0.2, 0.25) is 0 Å². The normalized spacial score (nSPS) is 40.5. The summed E-state index contributed by atoms with van der Waals surface area (Å²) >= 11 is 0. The Balaban J connectivity index is 2.07. The fourth-order valence-electron chi connectivity index (χ4n) is 2.61. The lowest BCUT2D eigenvalue weighted by Gasteiger charge is -2.37. The molecule has 0 aromatic carbocycles. The Labute approximate surface area is 71.5 Å². The van der Waals surface area contributed by atoms with E-state index < -0.39 is 5.92 Å². The molecule has 2 aliphatic rings. The molecule has 1 saturated heterocycles. The lowest BCUT2D eigenvalue weighted by atomic mass is 9.72. The van der Waals surface area contributed by atoms with Crippen LogP contribution in [0.4, 0.5) is 8.78 Å². The average Bonchev–Trinajstić information content (AvgIpc) is 2.34. The van der Waals surface area contributed by atoms with Gasteiger partial charge >= 0.3 is 0 Å². The van der Waals surface area contributed by atoms with Gasteiger partial charge in [0, 0.05) is 19.4 Å². The maximum atomic E-state index is 13.1. The summed E-state index contributed by atoms with van der Waals surface area (Å²) in [7, 11) is 0. The van der Waals surface area contributed by atoms with Crippen molar-refractivity contribution in [2.45, 2.75) is 38.0 Å². The molecule has 1 spiro atoms. The van der Waals surface area contributed by atoms with Crippen molar-refractivity contribution in [2.75, 3.05) is 13.1 Å². The van der Waals surface area contributed by atoms with Gasteiger partial charge in [-0.05, 0) is 31.2 Å². The van der Waals surface area contributed by atoms with Crippen molar-refractivity contribution < 1.29 is 8.78 Å². The van der Waals surface area contributed by atoms with Crippen molar-refractivity contribution in [3.8, 4) is 0 Å². The van der Waals surface area contributed by atoms with Crippen molar-refractivity contribution in [1.29, 1.82) is 0 Å². The highest BCUT2D eigenvalue weighted by Gasteiger charge is 2.46. The largest absolute Gasteiger partial charge is 0.316 e. The molecule has 0 amide bonds. The molecular weight excluding hydrogens is 160 g/mol. The van der Waals surface area contributed by atoms with E-state index in [-0.39, 0.29) is 18.3 Å². The van der Waals surface area contributed by atoms with Gasteiger partial charge in [0.1, 0.15) is 0 Å². The molecule has 1 unspecified atom stereocenters. The minimum Gasteiger partial charge on any atom is -0.316 e. The summed E-state index contributed by atoms with van der Waals surface area (Å²) in [6, 6.07) is 0. The van der Waals surface area contributed by atoms with Crippen LogP contribution in [0, 0.1) is 5.41 Å². The highest BCUT2D eigenvalue weighted by molar-refractivity contribution is 4.95. The first-order valence-electron chi connectivity index (χ1n) is 4.71. The Bertz CT molecular complexity index is 173.